The number of thioether (sulfide) groups is 1. The molecule has 1 N–H and O–H groups in total. The van der Waals surface area contributed by atoms with E-state index in [2.05, 4.69) is 4.99 Å². The third-order valence-electron chi connectivity index (χ3n) is 4.68. The van der Waals surface area contributed by atoms with Crippen LogP contribution in [-0.4, -0.2) is 39.0 Å². The first-order valence-corrected chi connectivity index (χ1v) is 10.6. The van der Waals surface area contributed by atoms with Crippen LogP contribution in [-0.2, 0) is 4.79 Å². The van der Waals surface area contributed by atoms with Crippen LogP contribution in [0.2, 0.25) is 5.02 Å². The molecule has 11 heteroatoms. The predicted octanol–water partition coefficient (Wildman–Crippen LogP) is 5.44. The molecule has 4 rings (SSSR count). The first-order chi connectivity index (χ1) is 15.7. The summed E-state index contributed by atoms with van der Waals surface area (Å²) in [6.45, 7) is 0. The second-order valence-electron chi connectivity index (χ2n) is 6.81. The summed E-state index contributed by atoms with van der Waals surface area (Å²) in [4.78, 5) is 40.8. The monoisotopic (exact) mass is 483 g/mol. The fourth-order valence-electron chi connectivity index (χ4n) is 3.05. The minimum atomic E-state index is -1.18. The van der Waals surface area contributed by atoms with Crippen molar-refractivity contribution in [3.05, 3.63) is 86.0 Å². The summed E-state index contributed by atoms with van der Waals surface area (Å²) < 4.78 is 5.73. The number of benzene rings is 2. The van der Waals surface area contributed by atoms with Crippen LogP contribution in [0.1, 0.15) is 16.1 Å². The van der Waals surface area contributed by atoms with Crippen molar-refractivity contribution in [1.29, 1.82) is 0 Å². The van der Waals surface area contributed by atoms with Gasteiger partial charge in [0.25, 0.3) is 11.6 Å². The zero-order valence-corrected chi connectivity index (χ0v) is 18.5. The lowest BCUT2D eigenvalue weighted by molar-refractivity contribution is -0.384. The largest absolute Gasteiger partial charge is 0.478 e. The third-order valence-corrected chi connectivity index (χ3v) is 6.06. The van der Waals surface area contributed by atoms with Crippen LogP contribution in [0.25, 0.3) is 17.4 Å². The molecule has 1 aromatic heterocycles. The zero-order chi connectivity index (χ0) is 23.7. The predicted molar refractivity (Wildman–Crippen MR) is 125 cm³/mol. The molecule has 2 heterocycles. The summed E-state index contributed by atoms with van der Waals surface area (Å²) in [6, 6.07) is 13.7. The number of para-hydroxylation sites is 1. The third kappa shape index (κ3) is 4.52. The first kappa shape index (κ1) is 22.3. The summed E-state index contributed by atoms with van der Waals surface area (Å²) in [5.74, 6) is -0.865. The number of hydrogen-bond acceptors (Lipinski definition) is 7. The van der Waals surface area contributed by atoms with E-state index in [0.29, 0.717) is 32.8 Å². The van der Waals surface area contributed by atoms with Gasteiger partial charge in [-0.05, 0) is 48.2 Å². The fraction of sp³-hybridized carbons (Fsp3) is 0.0455. The lowest BCUT2D eigenvalue weighted by atomic mass is 10.1. The topological polar surface area (TPSA) is 126 Å². The molecule has 3 aromatic rings. The molecule has 0 saturated carbocycles. The van der Waals surface area contributed by atoms with Crippen molar-refractivity contribution in [2.45, 2.75) is 0 Å². The van der Waals surface area contributed by atoms with E-state index in [-0.39, 0.29) is 22.2 Å². The van der Waals surface area contributed by atoms with Crippen LogP contribution in [0, 0.1) is 10.1 Å². The zero-order valence-electron chi connectivity index (χ0n) is 16.9. The number of nitrogens with zero attached hydrogens (tertiary/aromatic N) is 3. The molecule has 0 bridgehead atoms. The Morgan fingerprint density at radius 1 is 1.24 bits per heavy atom. The van der Waals surface area contributed by atoms with Crippen LogP contribution >= 0.6 is 23.4 Å². The molecule has 0 atom stereocenters. The molecule has 0 aliphatic carbocycles. The molecular formula is C22H14ClN3O6S. The highest BCUT2D eigenvalue weighted by atomic mass is 35.5. The molecule has 0 spiro atoms. The summed E-state index contributed by atoms with van der Waals surface area (Å²) in [6.07, 6.45) is 1.52. The summed E-state index contributed by atoms with van der Waals surface area (Å²) in [7, 11) is 1.55. The number of amidine groups is 1. The van der Waals surface area contributed by atoms with Gasteiger partial charge in [0.15, 0.2) is 5.17 Å². The number of aromatic carboxylic acids is 1. The van der Waals surface area contributed by atoms with Gasteiger partial charge in [0.05, 0.1) is 31.7 Å². The SMILES string of the molecule is CN1C(=O)/C(=C\c2ccc(-c3ccccc3[N+](=O)[O-])o2)SC1=Nc1ccc(Cl)c(C(=O)O)c1. The quantitative estimate of drug-likeness (QED) is 0.291. The number of carboxylic acid groups (broad SMARTS) is 1. The van der Waals surface area contributed by atoms with Crippen LogP contribution < -0.4 is 0 Å². The Balaban J connectivity index is 1.62. The highest BCUT2D eigenvalue weighted by Gasteiger charge is 2.31. The Hall–Kier alpha value is -3.89. The van der Waals surface area contributed by atoms with Crippen molar-refractivity contribution < 1.29 is 24.0 Å². The second kappa shape index (κ2) is 8.93. The normalized spacial score (nSPS) is 16.1. The fourth-order valence-corrected chi connectivity index (χ4v) is 4.22. The van der Waals surface area contributed by atoms with Gasteiger partial charge in [0.1, 0.15) is 11.5 Å². The molecule has 1 saturated heterocycles. The van der Waals surface area contributed by atoms with Crippen molar-refractivity contribution in [2.24, 2.45) is 4.99 Å². The van der Waals surface area contributed by atoms with Crippen molar-refractivity contribution in [1.82, 2.24) is 4.90 Å². The van der Waals surface area contributed by atoms with Gasteiger partial charge in [-0.25, -0.2) is 9.79 Å². The molecule has 1 aliphatic rings. The summed E-state index contributed by atoms with van der Waals surface area (Å²) >= 11 is 6.98. The Morgan fingerprint density at radius 3 is 2.73 bits per heavy atom. The maximum absolute atomic E-state index is 12.7. The van der Waals surface area contributed by atoms with Crippen molar-refractivity contribution >= 4 is 57.9 Å². The second-order valence-corrected chi connectivity index (χ2v) is 8.23. The molecule has 166 valence electrons. The van der Waals surface area contributed by atoms with E-state index in [1.54, 1.807) is 43.4 Å². The highest BCUT2D eigenvalue weighted by molar-refractivity contribution is 8.18. The number of amides is 1. The summed E-state index contributed by atoms with van der Waals surface area (Å²) in [5, 5.41) is 20.9. The first-order valence-electron chi connectivity index (χ1n) is 9.37. The van der Waals surface area contributed by atoms with Gasteiger partial charge in [-0.15, -0.1) is 0 Å². The number of aliphatic imine (C=N–C) groups is 1. The molecule has 2 aromatic carbocycles. The van der Waals surface area contributed by atoms with E-state index in [9.17, 15) is 24.8 Å². The molecule has 1 fully saturated rings. The molecule has 9 nitrogen and oxygen atoms in total. The van der Waals surface area contributed by atoms with Crippen molar-refractivity contribution in [3.63, 3.8) is 0 Å². The highest BCUT2D eigenvalue weighted by Crippen LogP contribution is 2.36. The molecule has 1 amide bonds. The smallest absolute Gasteiger partial charge is 0.337 e. The van der Waals surface area contributed by atoms with Crippen molar-refractivity contribution in [3.8, 4) is 11.3 Å². The Kier molecular flexibility index (Phi) is 6.03. The van der Waals surface area contributed by atoms with Gasteiger partial charge in [0, 0.05) is 19.2 Å². The standard InChI is InChI=1S/C22H14ClN3O6S/c1-25-20(27)19(33-22(25)24-12-6-8-16(23)15(10-12)21(28)29)11-13-7-9-18(32-13)14-4-2-3-5-17(14)26(30)31/h2-11H,1H3,(H,28,29)/b19-11+,24-22?. The number of rotatable bonds is 5. The maximum Gasteiger partial charge on any atom is 0.337 e. The van der Waals surface area contributed by atoms with E-state index in [4.69, 9.17) is 16.0 Å². The molecule has 0 unspecified atom stereocenters. The number of nitro groups is 1. The lowest BCUT2D eigenvalue weighted by Gasteiger charge is -2.07. The van der Waals surface area contributed by atoms with Crippen LogP contribution in [0.15, 0.2) is 68.9 Å². The van der Waals surface area contributed by atoms with Gasteiger partial charge in [-0.3, -0.25) is 19.8 Å². The van der Waals surface area contributed by atoms with E-state index >= 15 is 0 Å². The van der Waals surface area contributed by atoms with Gasteiger partial charge in [-0.1, -0.05) is 23.7 Å². The Labute approximate surface area is 196 Å². The average molecular weight is 484 g/mol. The lowest BCUT2D eigenvalue weighted by Crippen LogP contribution is -2.23. The molecule has 33 heavy (non-hydrogen) atoms. The minimum Gasteiger partial charge on any atom is -0.478 e. The molecular weight excluding hydrogens is 470 g/mol. The van der Waals surface area contributed by atoms with Crippen molar-refractivity contribution in [2.75, 3.05) is 7.05 Å². The average Bonchev–Trinajstić information content (AvgIpc) is 3.35. The van der Waals surface area contributed by atoms with E-state index < -0.39 is 10.9 Å². The van der Waals surface area contributed by atoms with E-state index in [1.165, 1.54) is 29.2 Å². The van der Waals surface area contributed by atoms with Gasteiger partial charge in [-0.2, -0.15) is 0 Å². The van der Waals surface area contributed by atoms with E-state index in [1.807, 2.05) is 0 Å². The number of nitro benzene ring substituents is 1. The van der Waals surface area contributed by atoms with E-state index in [0.717, 1.165) is 11.8 Å². The van der Waals surface area contributed by atoms with Crippen LogP contribution in [0.3, 0.4) is 0 Å². The van der Waals surface area contributed by atoms with Gasteiger partial charge < -0.3 is 9.52 Å². The number of carbonyl (C=O) groups is 2. The van der Waals surface area contributed by atoms with Gasteiger partial charge >= 0.3 is 5.97 Å². The maximum atomic E-state index is 12.7. The Bertz CT molecular complexity index is 1360. The minimum absolute atomic E-state index is 0.0859. The number of carbonyl (C=O) groups excluding carboxylic acids is 1. The summed E-state index contributed by atoms with van der Waals surface area (Å²) in [5.41, 5.74) is 0.477. The number of furan rings is 1. The molecule has 0 radical (unpaired) electrons. The number of halogens is 1. The van der Waals surface area contributed by atoms with Crippen LogP contribution in [0.4, 0.5) is 11.4 Å². The number of likely N-dealkylation sites (N-methyl/N-ethyl adjacent to an activating group) is 1. The molecule has 1 aliphatic heterocycles. The van der Waals surface area contributed by atoms with Gasteiger partial charge in [0.2, 0.25) is 0 Å². The Morgan fingerprint density at radius 2 is 2.00 bits per heavy atom. The number of hydrogen-bond donors (Lipinski definition) is 1. The van der Waals surface area contributed by atoms with Crippen LogP contribution in [0.5, 0.6) is 0 Å². The number of carboxylic acids is 1.